The summed E-state index contributed by atoms with van der Waals surface area (Å²) in [7, 11) is 0. The van der Waals surface area contributed by atoms with Crippen LogP contribution >= 0.6 is 11.6 Å². The number of furan rings is 1. The van der Waals surface area contributed by atoms with Crippen molar-refractivity contribution in [2.24, 2.45) is 0 Å². The molecule has 0 saturated carbocycles. The van der Waals surface area contributed by atoms with E-state index in [1.54, 1.807) is 0 Å². The lowest BCUT2D eigenvalue weighted by molar-refractivity contribution is 0.593. The fourth-order valence-electron chi connectivity index (χ4n) is 2.73. The van der Waals surface area contributed by atoms with Crippen molar-refractivity contribution in [1.29, 1.82) is 0 Å². The maximum absolute atomic E-state index is 6.24. The summed E-state index contributed by atoms with van der Waals surface area (Å²) >= 11 is 6.24. The lowest BCUT2D eigenvalue weighted by Crippen LogP contribution is -1.80. The molecule has 2 aromatic carbocycles. The number of hydrogen-bond acceptors (Lipinski definition) is 2. The van der Waals surface area contributed by atoms with E-state index in [0.29, 0.717) is 16.6 Å². The zero-order valence-corrected chi connectivity index (χ0v) is 13.8. The van der Waals surface area contributed by atoms with Gasteiger partial charge < -0.3 is 9.40 Å². The van der Waals surface area contributed by atoms with Crippen LogP contribution in [0.2, 0.25) is 5.02 Å². The number of hydrogen-bond donors (Lipinski definition) is 1. The van der Waals surface area contributed by atoms with Crippen molar-refractivity contribution in [3.63, 3.8) is 0 Å². The van der Waals surface area contributed by atoms with Crippen LogP contribution in [0.3, 0.4) is 0 Å². The molecule has 1 N–H and O–H groups in total. The second-order valence-corrected chi connectivity index (χ2v) is 5.98. The second-order valence-electron chi connectivity index (χ2n) is 5.57. The number of rotatable bonds is 3. The highest BCUT2D eigenvalue weighted by Crippen LogP contribution is 2.33. The van der Waals surface area contributed by atoms with Gasteiger partial charge in [-0.2, -0.15) is 0 Å². The molecule has 0 amide bonds. The number of halogens is 1. The molecule has 0 unspecified atom stereocenters. The predicted molar refractivity (Wildman–Crippen MR) is 96.9 cm³/mol. The number of imidazole rings is 1. The molecule has 0 spiro atoms. The second kappa shape index (κ2) is 6.02. The van der Waals surface area contributed by atoms with E-state index in [2.05, 4.69) is 4.98 Å². The predicted octanol–water partition coefficient (Wildman–Crippen LogP) is 5.97. The fraction of sp³-hybridized carbons (Fsp3) is 0.0500. The number of aromatic amines is 1. The summed E-state index contributed by atoms with van der Waals surface area (Å²) in [6, 6.07) is 21.5. The molecule has 0 atom stereocenters. The van der Waals surface area contributed by atoms with Crippen LogP contribution in [-0.4, -0.2) is 9.97 Å². The van der Waals surface area contributed by atoms with Crippen molar-refractivity contribution in [3.8, 4) is 34.2 Å². The van der Waals surface area contributed by atoms with Gasteiger partial charge >= 0.3 is 0 Å². The average molecular weight is 335 g/mol. The van der Waals surface area contributed by atoms with E-state index in [-0.39, 0.29) is 0 Å². The van der Waals surface area contributed by atoms with E-state index in [1.165, 1.54) is 0 Å². The van der Waals surface area contributed by atoms with Crippen LogP contribution in [0.15, 0.2) is 71.1 Å². The van der Waals surface area contributed by atoms with Crippen molar-refractivity contribution in [2.45, 2.75) is 6.92 Å². The summed E-state index contributed by atoms with van der Waals surface area (Å²) in [5.41, 5.74) is 3.89. The minimum atomic E-state index is 0.666. The first kappa shape index (κ1) is 14.8. The monoisotopic (exact) mass is 334 g/mol. The first-order chi connectivity index (χ1) is 11.7. The van der Waals surface area contributed by atoms with Crippen LogP contribution in [0.5, 0.6) is 0 Å². The molecule has 24 heavy (non-hydrogen) atoms. The van der Waals surface area contributed by atoms with Gasteiger partial charge in [0.1, 0.15) is 5.76 Å². The number of nitrogens with zero attached hydrogens (tertiary/aromatic N) is 1. The Morgan fingerprint density at radius 1 is 0.875 bits per heavy atom. The average Bonchev–Trinajstić information content (AvgIpc) is 3.23. The molecule has 0 radical (unpaired) electrons. The van der Waals surface area contributed by atoms with E-state index in [0.717, 1.165) is 28.3 Å². The maximum atomic E-state index is 6.24. The van der Waals surface area contributed by atoms with Crippen molar-refractivity contribution in [1.82, 2.24) is 9.97 Å². The number of nitrogens with one attached hydrogen (secondary N) is 1. The first-order valence-electron chi connectivity index (χ1n) is 7.69. The number of aromatic nitrogens is 2. The molecule has 2 heterocycles. The van der Waals surface area contributed by atoms with Gasteiger partial charge in [0.2, 0.25) is 0 Å². The summed E-state index contributed by atoms with van der Waals surface area (Å²) < 4.78 is 5.96. The molecular weight excluding hydrogens is 320 g/mol. The highest BCUT2D eigenvalue weighted by atomic mass is 35.5. The highest BCUT2D eigenvalue weighted by molar-refractivity contribution is 6.33. The number of aryl methyl sites for hydroxylation is 1. The normalized spacial score (nSPS) is 10.9. The number of benzene rings is 2. The summed E-state index contributed by atoms with van der Waals surface area (Å²) in [5.74, 6) is 2.13. The van der Waals surface area contributed by atoms with Gasteiger partial charge in [0.25, 0.3) is 0 Å². The molecule has 0 saturated heterocycles. The van der Waals surface area contributed by atoms with Gasteiger partial charge in [-0.15, -0.1) is 0 Å². The molecule has 118 valence electrons. The van der Waals surface area contributed by atoms with Crippen LogP contribution in [0.25, 0.3) is 34.2 Å². The third-order valence-corrected chi connectivity index (χ3v) is 4.24. The molecule has 0 fully saturated rings. The molecule has 2 aromatic heterocycles. The molecule has 0 aliphatic heterocycles. The van der Waals surface area contributed by atoms with E-state index >= 15 is 0 Å². The third-order valence-electron chi connectivity index (χ3n) is 3.91. The van der Waals surface area contributed by atoms with Crippen LogP contribution in [0.1, 0.15) is 5.69 Å². The SMILES string of the molecule is Cc1[nH]c(-c2ccc(-c3ccccc3Cl)o2)nc1-c1ccccc1. The first-order valence-corrected chi connectivity index (χ1v) is 8.07. The molecule has 4 heteroatoms. The molecule has 0 bridgehead atoms. The Kier molecular flexibility index (Phi) is 3.71. The smallest absolute Gasteiger partial charge is 0.174 e. The van der Waals surface area contributed by atoms with E-state index in [4.69, 9.17) is 21.0 Å². The minimum Gasteiger partial charge on any atom is -0.453 e. The Morgan fingerprint density at radius 2 is 1.58 bits per heavy atom. The molecule has 4 rings (SSSR count). The van der Waals surface area contributed by atoms with Crippen LogP contribution in [0.4, 0.5) is 0 Å². The van der Waals surface area contributed by atoms with E-state index < -0.39 is 0 Å². The lowest BCUT2D eigenvalue weighted by atomic mass is 10.1. The van der Waals surface area contributed by atoms with E-state index in [1.807, 2.05) is 73.7 Å². The Hall–Kier alpha value is -2.78. The summed E-state index contributed by atoms with van der Waals surface area (Å²) in [6.07, 6.45) is 0. The zero-order valence-electron chi connectivity index (χ0n) is 13.1. The Labute approximate surface area is 144 Å². The summed E-state index contributed by atoms with van der Waals surface area (Å²) in [4.78, 5) is 8.00. The molecule has 0 aliphatic carbocycles. The van der Waals surface area contributed by atoms with Gasteiger partial charge in [0.05, 0.1) is 10.7 Å². The third kappa shape index (κ3) is 2.63. The lowest BCUT2D eigenvalue weighted by Gasteiger charge is -1.99. The Bertz CT molecular complexity index is 986. The fourth-order valence-corrected chi connectivity index (χ4v) is 2.95. The van der Waals surface area contributed by atoms with Gasteiger partial charge in [-0.25, -0.2) is 4.98 Å². The van der Waals surface area contributed by atoms with Crippen LogP contribution in [0, 0.1) is 6.92 Å². The molecule has 4 aromatic rings. The summed E-state index contributed by atoms with van der Waals surface area (Å²) in [5, 5.41) is 0.666. The largest absolute Gasteiger partial charge is 0.453 e. The molecular formula is C20H15ClN2O. The topological polar surface area (TPSA) is 41.8 Å². The van der Waals surface area contributed by atoms with Gasteiger partial charge in [-0.1, -0.05) is 54.1 Å². The van der Waals surface area contributed by atoms with Crippen molar-refractivity contribution in [3.05, 3.63) is 77.4 Å². The summed E-state index contributed by atoms with van der Waals surface area (Å²) in [6.45, 7) is 2.01. The van der Waals surface area contributed by atoms with Crippen molar-refractivity contribution in [2.75, 3.05) is 0 Å². The standard InChI is InChI=1S/C20H15ClN2O/c1-13-19(14-7-3-2-4-8-14)23-20(22-13)18-12-11-17(24-18)15-9-5-6-10-16(15)21/h2-12H,1H3,(H,22,23). The Morgan fingerprint density at radius 3 is 2.38 bits per heavy atom. The quantitative estimate of drug-likeness (QED) is 0.501. The number of H-pyrrole nitrogens is 1. The zero-order chi connectivity index (χ0) is 16.5. The van der Waals surface area contributed by atoms with Crippen molar-refractivity contribution < 1.29 is 4.42 Å². The van der Waals surface area contributed by atoms with Crippen LogP contribution < -0.4 is 0 Å². The molecule has 3 nitrogen and oxygen atoms in total. The van der Waals surface area contributed by atoms with E-state index in [9.17, 15) is 0 Å². The van der Waals surface area contributed by atoms with Gasteiger partial charge in [0.15, 0.2) is 11.6 Å². The van der Waals surface area contributed by atoms with Crippen LogP contribution in [-0.2, 0) is 0 Å². The molecule has 0 aliphatic rings. The van der Waals surface area contributed by atoms with Gasteiger partial charge in [0, 0.05) is 16.8 Å². The van der Waals surface area contributed by atoms with Gasteiger partial charge in [-0.05, 0) is 31.2 Å². The highest BCUT2D eigenvalue weighted by Gasteiger charge is 2.14. The minimum absolute atomic E-state index is 0.666. The van der Waals surface area contributed by atoms with Crippen molar-refractivity contribution >= 4 is 11.6 Å². The maximum Gasteiger partial charge on any atom is 0.174 e. The van der Waals surface area contributed by atoms with Gasteiger partial charge in [-0.3, -0.25) is 0 Å². The Balaban J connectivity index is 1.72.